The Balaban J connectivity index is 2.44. The van der Waals surface area contributed by atoms with E-state index < -0.39 is 11.6 Å². The van der Waals surface area contributed by atoms with Crippen LogP contribution in [0.4, 0.5) is 4.39 Å². The van der Waals surface area contributed by atoms with E-state index in [9.17, 15) is 9.18 Å². The second-order valence-corrected chi connectivity index (χ2v) is 4.28. The Morgan fingerprint density at radius 3 is 2.29 bits per heavy atom. The van der Waals surface area contributed by atoms with Crippen molar-refractivity contribution in [3.05, 3.63) is 69.5 Å². The molecule has 0 N–H and O–H groups in total. The Morgan fingerprint density at radius 2 is 1.65 bits per heavy atom. The maximum Gasteiger partial charge on any atom is 0.196 e. The predicted octanol–water partition coefficient (Wildman–Crippen LogP) is 4.36. The molecule has 0 fully saturated rings. The molecule has 1 nitrogen and oxygen atoms in total. The molecule has 0 spiro atoms. The number of hydrogen-bond donors (Lipinski definition) is 0. The molecular weight excluding hydrogens is 262 g/mol. The van der Waals surface area contributed by atoms with E-state index >= 15 is 0 Å². The average molecular weight is 269 g/mol. The Morgan fingerprint density at radius 1 is 1.00 bits per heavy atom. The van der Waals surface area contributed by atoms with Gasteiger partial charge in [-0.25, -0.2) is 4.39 Å². The van der Waals surface area contributed by atoms with E-state index in [-0.39, 0.29) is 10.6 Å². The zero-order valence-electron chi connectivity index (χ0n) is 8.58. The van der Waals surface area contributed by atoms with Crippen molar-refractivity contribution < 1.29 is 9.18 Å². The van der Waals surface area contributed by atoms with Crippen LogP contribution in [-0.4, -0.2) is 5.78 Å². The smallest absolute Gasteiger partial charge is 0.196 e. The second kappa shape index (κ2) is 4.86. The van der Waals surface area contributed by atoms with Gasteiger partial charge in [-0.15, -0.1) is 0 Å². The van der Waals surface area contributed by atoms with Crippen LogP contribution in [0.2, 0.25) is 10.0 Å². The molecule has 86 valence electrons. The van der Waals surface area contributed by atoms with Gasteiger partial charge in [-0.05, 0) is 36.4 Å². The van der Waals surface area contributed by atoms with Gasteiger partial charge in [0.2, 0.25) is 0 Å². The van der Waals surface area contributed by atoms with E-state index in [4.69, 9.17) is 23.2 Å². The van der Waals surface area contributed by atoms with Gasteiger partial charge in [0, 0.05) is 10.6 Å². The third-order valence-corrected chi connectivity index (χ3v) is 2.85. The van der Waals surface area contributed by atoms with Gasteiger partial charge in [0.15, 0.2) is 11.6 Å². The highest BCUT2D eigenvalue weighted by molar-refractivity contribution is 6.31. The normalized spacial score (nSPS) is 10.3. The maximum atomic E-state index is 13.6. The minimum Gasteiger partial charge on any atom is -0.288 e. The van der Waals surface area contributed by atoms with Gasteiger partial charge in [-0.2, -0.15) is 0 Å². The fourth-order valence-corrected chi connectivity index (χ4v) is 1.74. The van der Waals surface area contributed by atoms with Crippen LogP contribution in [-0.2, 0) is 0 Å². The number of carbonyl (C=O) groups excluding carboxylic acids is 1. The summed E-state index contributed by atoms with van der Waals surface area (Å²) in [4.78, 5) is 12.0. The summed E-state index contributed by atoms with van der Waals surface area (Å²) in [6.45, 7) is 0. The predicted molar refractivity (Wildman–Crippen MR) is 66.3 cm³/mol. The SMILES string of the molecule is O=C(c1ccc(Cl)cc1)c1cccc(Cl)c1F. The molecule has 0 aliphatic rings. The summed E-state index contributed by atoms with van der Waals surface area (Å²) in [6, 6.07) is 10.6. The molecule has 0 aliphatic carbocycles. The standard InChI is InChI=1S/C13H7Cl2FO/c14-9-6-4-8(5-7-9)13(17)10-2-1-3-11(15)12(10)16/h1-7H. The van der Waals surface area contributed by atoms with Crippen LogP contribution >= 0.6 is 23.2 Å². The largest absolute Gasteiger partial charge is 0.288 e. The molecule has 17 heavy (non-hydrogen) atoms. The molecule has 0 saturated heterocycles. The van der Waals surface area contributed by atoms with Gasteiger partial charge >= 0.3 is 0 Å². The van der Waals surface area contributed by atoms with E-state index in [2.05, 4.69) is 0 Å². The van der Waals surface area contributed by atoms with Gasteiger partial charge < -0.3 is 0 Å². The van der Waals surface area contributed by atoms with E-state index in [1.54, 1.807) is 24.3 Å². The fraction of sp³-hybridized carbons (Fsp3) is 0. The van der Waals surface area contributed by atoms with Crippen molar-refractivity contribution in [2.45, 2.75) is 0 Å². The quantitative estimate of drug-likeness (QED) is 0.740. The van der Waals surface area contributed by atoms with Crippen molar-refractivity contribution in [3.8, 4) is 0 Å². The first kappa shape index (κ1) is 12.1. The minimum atomic E-state index is -0.700. The van der Waals surface area contributed by atoms with Crippen molar-refractivity contribution in [2.24, 2.45) is 0 Å². The molecule has 0 atom stereocenters. The monoisotopic (exact) mass is 268 g/mol. The number of ketones is 1. The molecule has 2 aromatic rings. The first-order valence-electron chi connectivity index (χ1n) is 4.84. The lowest BCUT2D eigenvalue weighted by atomic mass is 10.0. The molecular formula is C13H7Cl2FO. The molecule has 0 bridgehead atoms. The summed E-state index contributed by atoms with van der Waals surface area (Å²) < 4.78 is 13.6. The van der Waals surface area contributed by atoms with Gasteiger partial charge in [0.1, 0.15) is 0 Å². The molecule has 0 aliphatic heterocycles. The lowest BCUT2D eigenvalue weighted by Gasteiger charge is -2.03. The summed E-state index contributed by atoms with van der Waals surface area (Å²) in [5.41, 5.74) is 0.329. The Bertz CT molecular complexity index is 564. The van der Waals surface area contributed by atoms with Crippen LogP contribution in [0.1, 0.15) is 15.9 Å². The van der Waals surface area contributed by atoms with Crippen LogP contribution in [0.15, 0.2) is 42.5 Å². The molecule has 0 saturated carbocycles. The van der Waals surface area contributed by atoms with Gasteiger partial charge in [0.05, 0.1) is 10.6 Å². The van der Waals surface area contributed by atoms with Gasteiger partial charge in [0.25, 0.3) is 0 Å². The number of benzene rings is 2. The summed E-state index contributed by atoms with van der Waals surface area (Å²) in [5, 5.41) is 0.456. The lowest BCUT2D eigenvalue weighted by Crippen LogP contribution is -2.04. The van der Waals surface area contributed by atoms with Crippen molar-refractivity contribution in [1.82, 2.24) is 0 Å². The Hall–Kier alpha value is -1.38. The first-order chi connectivity index (χ1) is 8.09. The third kappa shape index (κ3) is 2.48. The molecule has 0 unspecified atom stereocenters. The molecule has 0 aromatic heterocycles. The number of rotatable bonds is 2. The fourth-order valence-electron chi connectivity index (χ4n) is 1.44. The summed E-state index contributed by atoms with van der Waals surface area (Å²) >= 11 is 11.3. The minimum absolute atomic E-state index is 0.0418. The lowest BCUT2D eigenvalue weighted by molar-refractivity contribution is 0.103. The molecule has 2 rings (SSSR count). The molecule has 0 amide bonds. The van der Waals surface area contributed by atoms with Crippen molar-refractivity contribution >= 4 is 29.0 Å². The van der Waals surface area contributed by atoms with Crippen molar-refractivity contribution in [2.75, 3.05) is 0 Å². The van der Waals surface area contributed by atoms with Crippen LogP contribution in [0, 0.1) is 5.82 Å². The maximum absolute atomic E-state index is 13.6. The van der Waals surface area contributed by atoms with Gasteiger partial charge in [-0.1, -0.05) is 29.3 Å². The number of hydrogen-bond acceptors (Lipinski definition) is 1. The van der Waals surface area contributed by atoms with Crippen LogP contribution in [0.5, 0.6) is 0 Å². The highest BCUT2D eigenvalue weighted by Crippen LogP contribution is 2.21. The zero-order valence-corrected chi connectivity index (χ0v) is 10.1. The van der Waals surface area contributed by atoms with Crippen LogP contribution < -0.4 is 0 Å². The number of halogens is 3. The van der Waals surface area contributed by atoms with Crippen LogP contribution in [0.25, 0.3) is 0 Å². The highest BCUT2D eigenvalue weighted by Gasteiger charge is 2.15. The Kier molecular flexibility index (Phi) is 3.46. The van der Waals surface area contributed by atoms with E-state index in [1.165, 1.54) is 18.2 Å². The van der Waals surface area contributed by atoms with Crippen LogP contribution in [0.3, 0.4) is 0 Å². The van der Waals surface area contributed by atoms with Crippen molar-refractivity contribution in [3.63, 3.8) is 0 Å². The van der Waals surface area contributed by atoms with Crippen molar-refractivity contribution in [1.29, 1.82) is 0 Å². The van der Waals surface area contributed by atoms with E-state index in [0.29, 0.717) is 10.6 Å². The molecule has 0 radical (unpaired) electrons. The summed E-state index contributed by atoms with van der Waals surface area (Å²) in [7, 11) is 0. The van der Waals surface area contributed by atoms with E-state index in [0.717, 1.165) is 0 Å². The molecule has 2 aromatic carbocycles. The molecule has 0 heterocycles. The molecule has 4 heteroatoms. The zero-order chi connectivity index (χ0) is 12.4. The van der Waals surface area contributed by atoms with Gasteiger partial charge in [-0.3, -0.25) is 4.79 Å². The summed E-state index contributed by atoms with van der Waals surface area (Å²) in [6.07, 6.45) is 0. The second-order valence-electron chi connectivity index (χ2n) is 3.44. The topological polar surface area (TPSA) is 17.1 Å². The number of carbonyl (C=O) groups is 1. The average Bonchev–Trinajstić information content (AvgIpc) is 2.33. The first-order valence-corrected chi connectivity index (χ1v) is 5.59. The third-order valence-electron chi connectivity index (χ3n) is 2.30. The summed E-state index contributed by atoms with van der Waals surface area (Å²) in [5.74, 6) is -1.12. The van der Waals surface area contributed by atoms with E-state index in [1.807, 2.05) is 0 Å². The Labute approximate surface area is 108 Å². The highest BCUT2D eigenvalue weighted by atomic mass is 35.5.